The maximum Gasteiger partial charge on any atom is 0.227 e. The van der Waals surface area contributed by atoms with Gasteiger partial charge in [-0.1, -0.05) is 12.1 Å². The van der Waals surface area contributed by atoms with Crippen LogP contribution >= 0.6 is 0 Å². The lowest BCUT2D eigenvalue weighted by Gasteiger charge is -2.20. The van der Waals surface area contributed by atoms with Crippen LogP contribution in [0.1, 0.15) is 24.8 Å². The lowest BCUT2D eigenvalue weighted by molar-refractivity contribution is -0.117. The molecule has 0 aromatic heterocycles. The Labute approximate surface area is 94.8 Å². The number of carbonyl (C=O) groups excluding carboxylic acids is 1. The first kappa shape index (κ1) is 9.70. The smallest absolute Gasteiger partial charge is 0.227 e. The van der Waals surface area contributed by atoms with Crippen molar-refractivity contribution in [3.63, 3.8) is 0 Å². The third-order valence-corrected chi connectivity index (χ3v) is 3.14. The summed E-state index contributed by atoms with van der Waals surface area (Å²) >= 11 is 0. The van der Waals surface area contributed by atoms with E-state index in [1.807, 2.05) is 12.1 Å². The van der Waals surface area contributed by atoms with E-state index in [1.54, 1.807) is 0 Å². The monoisotopic (exact) mass is 217 g/mol. The first-order chi connectivity index (χ1) is 7.84. The minimum Gasteiger partial charge on any atom is -0.491 e. The first-order valence-corrected chi connectivity index (χ1v) is 5.90. The molecule has 0 unspecified atom stereocenters. The fraction of sp³-hybridized carbons (Fsp3) is 0.462. The van der Waals surface area contributed by atoms with Crippen molar-refractivity contribution < 1.29 is 9.53 Å². The van der Waals surface area contributed by atoms with Gasteiger partial charge in [0.05, 0.1) is 12.3 Å². The quantitative estimate of drug-likeness (QED) is 0.825. The molecule has 3 nitrogen and oxygen atoms in total. The van der Waals surface area contributed by atoms with E-state index in [4.69, 9.17) is 4.74 Å². The van der Waals surface area contributed by atoms with Crippen LogP contribution in [-0.2, 0) is 11.2 Å². The zero-order chi connectivity index (χ0) is 11.0. The number of hydrogen-bond donors (Lipinski definition) is 1. The summed E-state index contributed by atoms with van der Waals surface area (Å²) in [5.74, 6) is 1.25. The first-order valence-electron chi connectivity index (χ1n) is 5.90. The molecule has 1 fully saturated rings. The summed E-state index contributed by atoms with van der Waals surface area (Å²) in [6, 6.07) is 5.97. The van der Waals surface area contributed by atoms with E-state index in [2.05, 4.69) is 11.4 Å². The molecule has 84 valence electrons. The van der Waals surface area contributed by atoms with E-state index in [9.17, 15) is 4.79 Å². The predicted molar refractivity (Wildman–Crippen MR) is 61.6 cm³/mol. The zero-order valence-corrected chi connectivity index (χ0v) is 9.16. The highest BCUT2D eigenvalue weighted by atomic mass is 16.5. The van der Waals surface area contributed by atoms with E-state index in [0.717, 1.165) is 43.7 Å². The van der Waals surface area contributed by atoms with Gasteiger partial charge in [-0.25, -0.2) is 0 Å². The zero-order valence-electron chi connectivity index (χ0n) is 9.16. The molecule has 1 aliphatic carbocycles. The van der Waals surface area contributed by atoms with Crippen molar-refractivity contribution in [2.24, 2.45) is 5.92 Å². The number of hydrogen-bond acceptors (Lipinski definition) is 2. The van der Waals surface area contributed by atoms with Gasteiger partial charge in [-0.2, -0.15) is 0 Å². The largest absolute Gasteiger partial charge is 0.491 e. The molecular formula is C13H15NO2. The molecule has 1 heterocycles. The van der Waals surface area contributed by atoms with Crippen molar-refractivity contribution >= 4 is 11.6 Å². The number of nitrogens with one attached hydrogen (secondary N) is 1. The van der Waals surface area contributed by atoms with Crippen molar-refractivity contribution in [1.29, 1.82) is 0 Å². The molecule has 0 atom stereocenters. The normalized spacial score (nSPS) is 18.5. The molecule has 1 amide bonds. The summed E-state index contributed by atoms with van der Waals surface area (Å²) < 4.78 is 5.64. The van der Waals surface area contributed by atoms with E-state index in [0.29, 0.717) is 0 Å². The number of carbonyl (C=O) groups is 1. The SMILES string of the molecule is O=C(Nc1cccc2c1OCCC2)C1CC1. The average Bonchev–Trinajstić information content (AvgIpc) is 3.13. The average molecular weight is 217 g/mol. The van der Waals surface area contributed by atoms with Crippen LogP contribution in [0.4, 0.5) is 5.69 Å². The number of fused-ring (bicyclic) bond motifs is 1. The van der Waals surface area contributed by atoms with Crippen LogP contribution in [0.2, 0.25) is 0 Å². The maximum atomic E-state index is 11.7. The van der Waals surface area contributed by atoms with Crippen LogP contribution in [0.15, 0.2) is 18.2 Å². The Morgan fingerprint density at radius 1 is 1.38 bits per heavy atom. The van der Waals surface area contributed by atoms with Crippen molar-refractivity contribution in [2.75, 3.05) is 11.9 Å². The number of anilines is 1. The summed E-state index contributed by atoms with van der Waals surface area (Å²) in [4.78, 5) is 11.7. The number of ether oxygens (including phenoxy) is 1. The standard InChI is InChI=1S/C13H15NO2/c15-13(10-6-7-10)14-11-5-1-3-9-4-2-8-16-12(9)11/h1,3,5,10H,2,4,6-8H2,(H,14,15). The highest BCUT2D eigenvalue weighted by molar-refractivity contribution is 5.95. The summed E-state index contributed by atoms with van der Waals surface area (Å²) in [6.07, 6.45) is 4.17. The summed E-state index contributed by atoms with van der Waals surface area (Å²) in [5, 5.41) is 2.97. The second-order valence-corrected chi connectivity index (χ2v) is 4.51. The van der Waals surface area contributed by atoms with E-state index in [-0.39, 0.29) is 11.8 Å². The molecule has 16 heavy (non-hydrogen) atoms. The number of benzene rings is 1. The molecular weight excluding hydrogens is 202 g/mol. The van der Waals surface area contributed by atoms with Gasteiger partial charge in [0.1, 0.15) is 5.75 Å². The Kier molecular flexibility index (Phi) is 2.31. The number of para-hydroxylation sites is 1. The number of amides is 1. The van der Waals surface area contributed by atoms with Gasteiger partial charge in [0.2, 0.25) is 5.91 Å². The molecule has 0 saturated heterocycles. The van der Waals surface area contributed by atoms with Crippen molar-refractivity contribution in [2.45, 2.75) is 25.7 Å². The van der Waals surface area contributed by atoms with Crippen LogP contribution in [0.5, 0.6) is 5.75 Å². The van der Waals surface area contributed by atoms with E-state index >= 15 is 0 Å². The summed E-state index contributed by atoms with van der Waals surface area (Å²) in [5.41, 5.74) is 2.05. The molecule has 2 aliphatic rings. The Balaban J connectivity index is 1.85. The highest BCUT2D eigenvalue weighted by Crippen LogP contribution is 2.35. The van der Waals surface area contributed by atoms with Gasteiger partial charge in [-0.15, -0.1) is 0 Å². The molecule has 1 saturated carbocycles. The molecule has 0 bridgehead atoms. The lowest BCUT2D eigenvalue weighted by Crippen LogP contribution is -2.16. The Morgan fingerprint density at radius 3 is 3.06 bits per heavy atom. The molecule has 0 spiro atoms. The molecule has 1 N–H and O–H groups in total. The highest BCUT2D eigenvalue weighted by Gasteiger charge is 2.30. The molecule has 1 aromatic rings. The van der Waals surface area contributed by atoms with Crippen LogP contribution < -0.4 is 10.1 Å². The maximum absolute atomic E-state index is 11.7. The fourth-order valence-electron chi connectivity index (χ4n) is 2.07. The van der Waals surface area contributed by atoms with Gasteiger partial charge in [0.25, 0.3) is 0 Å². The van der Waals surface area contributed by atoms with Crippen LogP contribution in [-0.4, -0.2) is 12.5 Å². The molecule has 1 aromatic carbocycles. The Hall–Kier alpha value is -1.51. The Bertz CT molecular complexity index is 424. The number of rotatable bonds is 2. The summed E-state index contributed by atoms with van der Waals surface area (Å²) in [7, 11) is 0. The fourth-order valence-corrected chi connectivity index (χ4v) is 2.07. The van der Waals surface area contributed by atoms with Gasteiger partial charge >= 0.3 is 0 Å². The van der Waals surface area contributed by atoms with E-state index in [1.165, 1.54) is 5.56 Å². The minimum absolute atomic E-state index is 0.141. The van der Waals surface area contributed by atoms with E-state index < -0.39 is 0 Å². The van der Waals surface area contributed by atoms with Crippen molar-refractivity contribution in [1.82, 2.24) is 0 Å². The van der Waals surface area contributed by atoms with Gasteiger partial charge in [-0.3, -0.25) is 4.79 Å². The van der Waals surface area contributed by atoms with Crippen LogP contribution in [0.25, 0.3) is 0 Å². The second-order valence-electron chi connectivity index (χ2n) is 4.51. The summed E-state index contributed by atoms with van der Waals surface area (Å²) in [6.45, 7) is 0.753. The van der Waals surface area contributed by atoms with Crippen LogP contribution in [0.3, 0.4) is 0 Å². The number of aryl methyl sites for hydroxylation is 1. The van der Waals surface area contributed by atoms with Gasteiger partial charge in [0.15, 0.2) is 0 Å². The topological polar surface area (TPSA) is 38.3 Å². The second kappa shape index (κ2) is 3.81. The lowest BCUT2D eigenvalue weighted by atomic mass is 10.1. The molecule has 0 radical (unpaired) electrons. The van der Waals surface area contributed by atoms with Gasteiger partial charge < -0.3 is 10.1 Å². The van der Waals surface area contributed by atoms with Crippen molar-refractivity contribution in [3.05, 3.63) is 23.8 Å². The molecule has 3 heteroatoms. The third-order valence-electron chi connectivity index (χ3n) is 3.14. The van der Waals surface area contributed by atoms with Gasteiger partial charge in [0, 0.05) is 5.92 Å². The minimum atomic E-state index is 0.141. The predicted octanol–water partition coefficient (Wildman–Crippen LogP) is 2.36. The molecule has 1 aliphatic heterocycles. The Morgan fingerprint density at radius 2 is 2.25 bits per heavy atom. The van der Waals surface area contributed by atoms with Crippen LogP contribution in [0, 0.1) is 5.92 Å². The van der Waals surface area contributed by atoms with Crippen molar-refractivity contribution in [3.8, 4) is 5.75 Å². The van der Waals surface area contributed by atoms with Gasteiger partial charge in [-0.05, 0) is 37.3 Å². The third kappa shape index (κ3) is 1.77. The molecule has 3 rings (SSSR count).